The fourth-order valence-electron chi connectivity index (χ4n) is 2.85. The number of carbonyl (C=O) groups is 2. The molecule has 2 atom stereocenters. The molecule has 5 nitrogen and oxygen atoms in total. The van der Waals surface area contributed by atoms with Gasteiger partial charge in [-0.15, -0.1) is 0 Å². The van der Waals surface area contributed by atoms with E-state index in [1.165, 1.54) is 6.07 Å². The third-order valence-corrected chi connectivity index (χ3v) is 4.21. The largest absolute Gasteiger partial charge is 0.478 e. The Bertz CT molecular complexity index is 552. The summed E-state index contributed by atoms with van der Waals surface area (Å²) in [4.78, 5) is 25.5. The van der Waals surface area contributed by atoms with Gasteiger partial charge in [0, 0.05) is 12.1 Å². The van der Waals surface area contributed by atoms with Crippen molar-refractivity contribution in [1.82, 2.24) is 4.90 Å². The zero-order chi connectivity index (χ0) is 15.6. The summed E-state index contributed by atoms with van der Waals surface area (Å²) < 4.78 is 0. The number of piperidine rings is 1. The fraction of sp³-hybridized carbons (Fsp3) is 0.467. The standard InChI is InChI=1S/C15H19ClN2O3/c1-9-5-3-6-10(2)18(9)15(21)17-12-8-4-7-11(16)13(12)14(19)20/h4,7-10H,3,5-6H2,1-2H3,(H,17,21)(H,19,20)/t9-,10+. The Morgan fingerprint density at radius 3 is 2.48 bits per heavy atom. The summed E-state index contributed by atoms with van der Waals surface area (Å²) in [6.07, 6.45) is 3.02. The molecule has 114 valence electrons. The minimum atomic E-state index is -1.16. The Hall–Kier alpha value is -1.75. The second-order valence-corrected chi connectivity index (χ2v) is 5.84. The van der Waals surface area contributed by atoms with Gasteiger partial charge in [-0.05, 0) is 45.2 Å². The monoisotopic (exact) mass is 310 g/mol. The lowest BCUT2D eigenvalue weighted by atomic mass is 9.98. The van der Waals surface area contributed by atoms with E-state index in [9.17, 15) is 14.7 Å². The van der Waals surface area contributed by atoms with Crippen molar-refractivity contribution in [2.24, 2.45) is 0 Å². The van der Waals surface area contributed by atoms with E-state index < -0.39 is 5.97 Å². The van der Waals surface area contributed by atoms with Crippen LogP contribution in [0.5, 0.6) is 0 Å². The summed E-state index contributed by atoms with van der Waals surface area (Å²) in [5, 5.41) is 12.0. The highest BCUT2D eigenvalue weighted by atomic mass is 35.5. The molecule has 0 spiro atoms. The SMILES string of the molecule is C[C@@H]1CCC[C@H](C)N1C(=O)Nc1cccc(Cl)c1C(=O)O. The molecule has 1 saturated heterocycles. The van der Waals surface area contributed by atoms with Gasteiger partial charge in [0.05, 0.1) is 10.7 Å². The van der Waals surface area contributed by atoms with Crippen LogP contribution in [0.3, 0.4) is 0 Å². The normalized spacial score (nSPS) is 22.0. The number of hydrogen-bond acceptors (Lipinski definition) is 2. The fourth-order valence-corrected chi connectivity index (χ4v) is 3.10. The predicted octanol–water partition coefficient (Wildman–Crippen LogP) is 3.83. The first-order valence-electron chi connectivity index (χ1n) is 7.03. The van der Waals surface area contributed by atoms with E-state index in [1.54, 1.807) is 17.0 Å². The van der Waals surface area contributed by atoms with Crippen LogP contribution in [0, 0.1) is 0 Å². The van der Waals surface area contributed by atoms with Crippen LogP contribution in [0.25, 0.3) is 0 Å². The van der Waals surface area contributed by atoms with Crippen molar-refractivity contribution in [2.75, 3.05) is 5.32 Å². The Kier molecular flexibility index (Phi) is 4.73. The van der Waals surface area contributed by atoms with E-state index in [-0.39, 0.29) is 34.4 Å². The van der Waals surface area contributed by atoms with E-state index in [2.05, 4.69) is 5.32 Å². The lowest BCUT2D eigenvalue weighted by Crippen LogP contribution is -2.49. The molecule has 1 heterocycles. The summed E-state index contributed by atoms with van der Waals surface area (Å²) >= 11 is 5.91. The molecule has 1 aromatic rings. The van der Waals surface area contributed by atoms with Gasteiger partial charge >= 0.3 is 12.0 Å². The highest BCUT2D eigenvalue weighted by Gasteiger charge is 2.29. The molecule has 2 N–H and O–H groups in total. The van der Waals surface area contributed by atoms with Gasteiger partial charge in [-0.3, -0.25) is 0 Å². The zero-order valence-electron chi connectivity index (χ0n) is 12.1. The van der Waals surface area contributed by atoms with Crippen LogP contribution in [0.1, 0.15) is 43.5 Å². The average molecular weight is 311 g/mol. The van der Waals surface area contributed by atoms with Gasteiger partial charge in [0.1, 0.15) is 5.56 Å². The molecule has 1 aliphatic rings. The topological polar surface area (TPSA) is 69.6 Å². The predicted molar refractivity (Wildman–Crippen MR) is 82.0 cm³/mol. The number of urea groups is 1. The molecule has 6 heteroatoms. The van der Waals surface area contributed by atoms with Crippen LogP contribution in [0.15, 0.2) is 18.2 Å². The molecule has 1 aromatic carbocycles. The van der Waals surface area contributed by atoms with Crippen molar-refractivity contribution >= 4 is 29.3 Å². The number of likely N-dealkylation sites (tertiary alicyclic amines) is 1. The average Bonchev–Trinajstić information content (AvgIpc) is 2.37. The molecule has 0 unspecified atom stereocenters. The van der Waals surface area contributed by atoms with E-state index in [0.717, 1.165) is 19.3 Å². The number of carboxylic acid groups (broad SMARTS) is 1. The summed E-state index contributed by atoms with van der Waals surface area (Å²) in [5.41, 5.74) is 0.148. The van der Waals surface area contributed by atoms with E-state index in [4.69, 9.17) is 11.6 Å². The maximum Gasteiger partial charge on any atom is 0.339 e. The van der Waals surface area contributed by atoms with E-state index >= 15 is 0 Å². The number of carbonyl (C=O) groups excluding carboxylic acids is 1. The Morgan fingerprint density at radius 1 is 1.29 bits per heavy atom. The lowest BCUT2D eigenvalue weighted by molar-refractivity contribution is 0.0698. The molecule has 2 amide bonds. The second kappa shape index (κ2) is 6.35. The molecular weight excluding hydrogens is 292 g/mol. The van der Waals surface area contributed by atoms with E-state index in [1.807, 2.05) is 13.8 Å². The number of rotatable bonds is 2. The van der Waals surface area contributed by atoms with Crippen molar-refractivity contribution in [3.63, 3.8) is 0 Å². The van der Waals surface area contributed by atoms with Crippen LogP contribution in [-0.2, 0) is 0 Å². The van der Waals surface area contributed by atoms with Crippen molar-refractivity contribution in [3.8, 4) is 0 Å². The van der Waals surface area contributed by atoms with Crippen LogP contribution in [0.2, 0.25) is 5.02 Å². The number of nitrogens with zero attached hydrogens (tertiary/aromatic N) is 1. The first kappa shape index (κ1) is 15.6. The highest BCUT2D eigenvalue weighted by molar-refractivity contribution is 6.34. The van der Waals surface area contributed by atoms with Gasteiger partial charge in [-0.1, -0.05) is 17.7 Å². The maximum absolute atomic E-state index is 12.5. The van der Waals surface area contributed by atoms with Crippen LogP contribution in [0.4, 0.5) is 10.5 Å². The minimum Gasteiger partial charge on any atom is -0.478 e. The maximum atomic E-state index is 12.5. The van der Waals surface area contributed by atoms with Crippen molar-refractivity contribution in [3.05, 3.63) is 28.8 Å². The number of carboxylic acids is 1. The molecule has 0 saturated carbocycles. The Labute approximate surface area is 128 Å². The number of hydrogen-bond donors (Lipinski definition) is 2. The summed E-state index contributed by atoms with van der Waals surface area (Å²) in [6, 6.07) is 4.66. The van der Waals surface area contributed by atoms with Gasteiger partial charge in [0.25, 0.3) is 0 Å². The zero-order valence-corrected chi connectivity index (χ0v) is 12.9. The molecule has 2 rings (SSSR count). The molecular formula is C15H19ClN2O3. The number of anilines is 1. The smallest absolute Gasteiger partial charge is 0.339 e. The van der Waals surface area contributed by atoms with Crippen molar-refractivity contribution in [2.45, 2.75) is 45.2 Å². The molecule has 21 heavy (non-hydrogen) atoms. The van der Waals surface area contributed by atoms with Crippen LogP contribution >= 0.6 is 11.6 Å². The molecule has 1 aliphatic heterocycles. The Balaban J connectivity index is 2.24. The van der Waals surface area contributed by atoms with E-state index in [0.29, 0.717) is 0 Å². The number of nitrogens with one attached hydrogen (secondary N) is 1. The van der Waals surface area contributed by atoms with Gasteiger partial charge in [0.15, 0.2) is 0 Å². The molecule has 0 aromatic heterocycles. The van der Waals surface area contributed by atoms with Gasteiger partial charge in [-0.25, -0.2) is 9.59 Å². The van der Waals surface area contributed by atoms with Gasteiger partial charge in [0.2, 0.25) is 0 Å². The third-order valence-electron chi connectivity index (χ3n) is 3.90. The van der Waals surface area contributed by atoms with Crippen LogP contribution in [-0.4, -0.2) is 34.1 Å². The van der Waals surface area contributed by atoms with Crippen LogP contribution < -0.4 is 5.32 Å². The van der Waals surface area contributed by atoms with Gasteiger partial charge < -0.3 is 15.3 Å². The quantitative estimate of drug-likeness (QED) is 0.872. The number of aromatic carboxylic acids is 1. The second-order valence-electron chi connectivity index (χ2n) is 5.43. The first-order valence-corrected chi connectivity index (χ1v) is 7.40. The van der Waals surface area contributed by atoms with Crippen molar-refractivity contribution in [1.29, 1.82) is 0 Å². The molecule has 0 bridgehead atoms. The highest BCUT2D eigenvalue weighted by Crippen LogP contribution is 2.27. The summed E-state index contributed by atoms with van der Waals surface area (Å²) in [5.74, 6) is -1.16. The molecule has 1 fully saturated rings. The number of halogens is 1. The third kappa shape index (κ3) is 3.29. The van der Waals surface area contributed by atoms with Crippen molar-refractivity contribution < 1.29 is 14.7 Å². The minimum absolute atomic E-state index is 0.0789. The summed E-state index contributed by atoms with van der Waals surface area (Å²) in [6.45, 7) is 4.01. The lowest BCUT2D eigenvalue weighted by Gasteiger charge is -2.39. The Morgan fingerprint density at radius 2 is 1.90 bits per heavy atom. The van der Waals surface area contributed by atoms with Gasteiger partial charge in [-0.2, -0.15) is 0 Å². The number of amides is 2. The summed E-state index contributed by atoms with van der Waals surface area (Å²) in [7, 11) is 0. The first-order chi connectivity index (χ1) is 9.91. The number of benzene rings is 1. The molecule has 0 aliphatic carbocycles. The molecule has 0 radical (unpaired) electrons.